The molecule has 1 aromatic rings. The second kappa shape index (κ2) is 8.24. The fraction of sp³-hybridized carbons (Fsp3) is 0.429. The van der Waals surface area contributed by atoms with Crippen LogP contribution in [0.25, 0.3) is 0 Å². The topological polar surface area (TPSA) is 75.6 Å². The Morgan fingerprint density at radius 3 is 2.67 bits per heavy atom. The van der Waals surface area contributed by atoms with Crippen molar-refractivity contribution in [2.45, 2.75) is 26.4 Å². The minimum atomic E-state index is -0.924. The number of halogens is 2. The minimum Gasteiger partial charge on any atom is -0.481 e. The van der Waals surface area contributed by atoms with Crippen LogP contribution < -0.4 is 10.1 Å². The monoisotopic (exact) mass is 377 g/mol. The Labute approximate surface area is 136 Å². The summed E-state index contributed by atoms with van der Waals surface area (Å²) in [5.41, 5.74) is 0. The van der Waals surface area contributed by atoms with E-state index < -0.39 is 18.0 Å². The molecule has 0 saturated carbocycles. The van der Waals surface area contributed by atoms with E-state index in [1.807, 2.05) is 0 Å². The number of carbonyl (C=O) groups is 2. The predicted molar refractivity (Wildman–Crippen MR) is 83.7 cm³/mol. The van der Waals surface area contributed by atoms with E-state index in [0.29, 0.717) is 21.7 Å². The lowest BCUT2D eigenvalue weighted by molar-refractivity contribution is -0.141. The SMILES string of the molecule is CCC(CNC(=O)C(C)Oc1ccc(Cl)cc1Br)C(=O)O. The number of nitrogens with one attached hydrogen (secondary N) is 1. The van der Waals surface area contributed by atoms with Crippen LogP contribution in [0.1, 0.15) is 20.3 Å². The molecular formula is C14H17BrClNO4. The third kappa shape index (κ3) is 5.55. The normalized spacial score (nSPS) is 13.3. The highest BCUT2D eigenvalue weighted by Crippen LogP contribution is 2.28. The number of benzene rings is 1. The van der Waals surface area contributed by atoms with Crippen molar-refractivity contribution in [1.82, 2.24) is 5.32 Å². The average molecular weight is 379 g/mol. The highest BCUT2D eigenvalue weighted by molar-refractivity contribution is 9.10. The molecule has 2 N–H and O–H groups in total. The van der Waals surface area contributed by atoms with E-state index >= 15 is 0 Å². The van der Waals surface area contributed by atoms with Crippen LogP contribution in [0, 0.1) is 5.92 Å². The van der Waals surface area contributed by atoms with Gasteiger partial charge in [-0.25, -0.2) is 0 Å². The van der Waals surface area contributed by atoms with Crippen molar-refractivity contribution < 1.29 is 19.4 Å². The summed E-state index contributed by atoms with van der Waals surface area (Å²) in [5, 5.41) is 12.1. The van der Waals surface area contributed by atoms with E-state index in [9.17, 15) is 9.59 Å². The summed E-state index contributed by atoms with van der Waals surface area (Å²) in [6.07, 6.45) is -0.290. The van der Waals surface area contributed by atoms with Crippen molar-refractivity contribution >= 4 is 39.4 Å². The van der Waals surface area contributed by atoms with Crippen LogP contribution in [0.3, 0.4) is 0 Å². The molecule has 0 aliphatic heterocycles. The Hall–Kier alpha value is -1.27. The first-order chi connectivity index (χ1) is 9.85. The molecule has 5 nitrogen and oxygen atoms in total. The maximum absolute atomic E-state index is 11.9. The van der Waals surface area contributed by atoms with Crippen molar-refractivity contribution in [1.29, 1.82) is 0 Å². The van der Waals surface area contributed by atoms with E-state index in [1.165, 1.54) is 0 Å². The largest absolute Gasteiger partial charge is 0.481 e. The lowest BCUT2D eigenvalue weighted by Crippen LogP contribution is -2.40. The van der Waals surface area contributed by atoms with Gasteiger partial charge in [0.25, 0.3) is 5.91 Å². The Balaban J connectivity index is 2.56. The second-order valence-electron chi connectivity index (χ2n) is 4.52. The maximum atomic E-state index is 11.9. The molecule has 2 unspecified atom stereocenters. The molecule has 0 fully saturated rings. The molecule has 0 bridgehead atoms. The molecule has 0 saturated heterocycles. The molecule has 0 aromatic heterocycles. The van der Waals surface area contributed by atoms with E-state index in [4.69, 9.17) is 21.4 Å². The molecule has 0 radical (unpaired) electrons. The molecule has 116 valence electrons. The van der Waals surface area contributed by atoms with Crippen LogP contribution >= 0.6 is 27.5 Å². The molecule has 0 aliphatic rings. The minimum absolute atomic E-state index is 0.0835. The molecule has 0 heterocycles. The molecule has 21 heavy (non-hydrogen) atoms. The fourth-order valence-electron chi connectivity index (χ4n) is 1.59. The first kappa shape index (κ1) is 17.8. The van der Waals surface area contributed by atoms with Crippen LogP contribution in [-0.4, -0.2) is 29.6 Å². The van der Waals surface area contributed by atoms with E-state index in [2.05, 4.69) is 21.2 Å². The first-order valence-corrected chi connectivity index (χ1v) is 7.64. The van der Waals surface area contributed by atoms with Gasteiger partial charge >= 0.3 is 5.97 Å². The molecule has 0 aliphatic carbocycles. The van der Waals surface area contributed by atoms with Crippen molar-refractivity contribution in [2.75, 3.05) is 6.54 Å². The summed E-state index contributed by atoms with van der Waals surface area (Å²) in [7, 11) is 0. The average Bonchev–Trinajstić information content (AvgIpc) is 2.41. The zero-order valence-corrected chi connectivity index (χ0v) is 14.1. The van der Waals surface area contributed by atoms with E-state index in [-0.39, 0.29) is 12.5 Å². The van der Waals surface area contributed by atoms with E-state index in [0.717, 1.165) is 0 Å². The number of ether oxygens (including phenoxy) is 1. The number of amides is 1. The van der Waals surface area contributed by atoms with Gasteiger partial charge in [-0.15, -0.1) is 0 Å². The number of carbonyl (C=O) groups excluding carboxylic acids is 1. The Bertz CT molecular complexity index is 524. The summed E-state index contributed by atoms with van der Waals surface area (Å²) >= 11 is 9.12. The molecule has 1 aromatic carbocycles. The van der Waals surface area contributed by atoms with Gasteiger partial charge in [0.2, 0.25) is 0 Å². The number of carboxylic acid groups (broad SMARTS) is 1. The third-order valence-electron chi connectivity index (χ3n) is 2.93. The Kier molecular flexibility index (Phi) is 6.98. The van der Waals surface area contributed by atoms with Gasteiger partial charge in [0.15, 0.2) is 6.10 Å². The molecule has 2 atom stereocenters. The number of aliphatic carboxylic acids is 1. The molecule has 0 spiro atoms. The van der Waals surface area contributed by atoms with Gasteiger partial charge in [-0.3, -0.25) is 9.59 Å². The summed E-state index contributed by atoms with van der Waals surface area (Å²) in [4.78, 5) is 22.8. The van der Waals surface area contributed by atoms with Crippen LogP contribution in [0.2, 0.25) is 5.02 Å². The number of rotatable bonds is 7. The predicted octanol–water partition coefficient (Wildman–Crippen LogP) is 3.10. The zero-order valence-electron chi connectivity index (χ0n) is 11.7. The van der Waals surface area contributed by atoms with Crippen molar-refractivity contribution in [3.05, 3.63) is 27.7 Å². The zero-order chi connectivity index (χ0) is 16.0. The van der Waals surface area contributed by atoms with Crippen molar-refractivity contribution in [2.24, 2.45) is 5.92 Å². The third-order valence-corrected chi connectivity index (χ3v) is 3.79. The van der Waals surface area contributed by atoms with Gasteiger partial charge < -0.3 is 15.2 Å². The van der Waals surface area contributed by atoms with Gasteiger partial charge in [0.1, 0.15) is 5.75 Å². The number of hydrogen-bond acceptors (Lipinski definition) is 3. The fourth-order valence-corrected chi connectivity index (χ4v) is 2.36. The standard InChI is InChI=1S/C14H17BrClNO4/c1-3-9(14(19)20)7-17-13(18)8(2)21-12-5-4-10(16)6-11(12)15/h4-6,8-9H,3,7H2,1-2H3,(H,17,18)(H,19,20). The molecule has 1 amide bonds. The number of hydrogen-bond donors (Lipinski definition) is 2. The maximum Gasteiger partial charge on any atom is 0.308 e. The quantitative estimate of drug-likeness (QED) is 0.764. The van der Waals surface area contributed by atoms with E-state index in [1.54, 1.807) is 32.0 Å². The first-order valence-electron chi connectivity index (χ1n) is 6.47. The summed E-state index contributed by atoms with van der Waals surface area (Å²) in [5.74, 6) is -1.39. The second-order valence-corrected chi connectivity index (χ2v) is 5.81. The highest BCUT2D eigenvalue weighted by Gasteiger charge is 2.20. The molecule has 1 rings (SSSR count). The van der Waals surface area contributed by atoms with Gasteiger partial charge in [0, 0.05) is 11.6 Å². The smallest absolute Gasteiger partial charge is 0.308 e. The highest BCUT2D eigenvalue weighted by atomic mass is 79.9. The van der Waals surface area contributed by atoms with Crippen LogP contribution in [-0.2, 0) is 9.59 Å². The van der Waals surface area contributed by atoms with Crippen molar-refractivity contribution in [3.8, 4) is 5.75 Å². The van der Waals surface area contributed by atoms with Gasteiger partial charge in [-0.05, 0) is 47.5 Å². The van der Waals surface area contributed by atoms with Crippen LogP contribution in [0.4, 0.5) is 0 Å². The van der Waals surface area contributed by atoms with Crippen molar-refractivity contribution in [3.63, 3.8) is 0 Å². The molecular weight excluding hydrogens is 362 g/mol. The van der Waals surface area contributed by atoms with Gasteiger partial charge in [0.05, 0.1) is 10.4 Å². The summed E-state index contributed by atoms with van der Waals surface area (Å²) in [6, 6.07) is 4.98. The van der Waals surface area contributed by atoms with Gasteiger partial charge in [-0.1, -0.05) is 18.5 Å². The Morgan fingerprint density at radius 2 is 2.14 bits per heavy atom. The summed E-state index contributed by atoms with van der Waals surface area (Å²) < 4.78 is 6.17. The number of carboxylic acids is 1. The lowest BCUT2D eigenvalue weighted by atomic mass is 10.1. The molecule has 7 heteroatoms. The van der Waals surface area contributed by atoms with Crippen LogP contribution in [0.5, 0.6) is 5.75 Å². The van der Waals surface area contributed by atoms with Gasteiger partial charge in [-0.2, -0.15) is 0 Å². The lowest BCUT2D eigenvalue weighted by Gasteiger charge is -2.17. The Morgan fingerprint density at radius 1 is 1.48 bits per heavy atom. The summed E-state index contributed by atoms with van der Waals surface area (Å²) in [6.45, 7) is 3.44. The van der Waals surface area contributed by atoms with Crippen LogP contribution in [0.15, 0.2) is 22.7 Å².